The first-order valence-corrected chi connectivity index (χ1v) is 8.32. The van der Waals surface area contributed by atoms with E-state index in [2.05, 4.69) is 15.3 Å². The van der Waals surface area contributed by atoms with E-state index in [4.69, 9.17) is 0 Å². The fraction of sp³-hybridized carbons (Fsp3) is 0.0588. The van der Waals surface area contributed by atoms with Crippen LogP contribution in [0, 0.1) is 11.6 Å². The van der Waals surface area contributed by atoms with Gasteiger partial charge in [-0.15, -0.1) is 11.3 Å². The Labute approximate surface area is 148 Å². The van der Waals surface area contributed by atoms with E-state index in [1.807, 2.05) is 6.07 Å². The standard InChI is InChI=1S/C17H10F2N4O2S/c18-11-4-3-9(6-12(11)19)22-13(24)7-23-8-21-14-10-2-1-5-20-16(10)26-15(14)17(23)25/h1-6,8H,7H2,(H,22,24). The number of halogens is 2. The molecule has 26 heavy (non-hydrogen) atoms. The van der Waals surface area contributed by atoms with Gasteiger partial charge in [-0.3, -0.25) is 14.2 Å². The van der Waals surface area contributed by atoms with Crippen LogP contribution >= 0.6 is 11.3 Å². The maximum absolute atomic E-state index is 13.2. The molecule has 0 spiro atoms. The first-order chi connectivity index (χ1) is 12.5. The predicted molar refractivity (Wildman–Crippen MR) is 94.2 cm³/mol. The third-order valence-corrected chi connectivity index (χ3v) is 4.83. The molecule has 0 aliphatic rings. The van der Waals surface area contributed by atoms with Gasteiger partial charge in [-0.05, 0) is 24.3 Å². The summed E-state index contributed by atoms with van der Waals surface area (Å²) in [6, 6.07) is 6.60. The number of pyridine rings is 1. The van der Waals surface area contributed by atoms with Gasteiger partial charge in [0, 0.05) is 23.3 Å². The van der Waals surface area contributed by atoms with Crippen molar-refractivity contribution in [1.82, 2.24) is 14.5 Å². The highest BCUT2D eigenvalue weighted by Gasteiger charge is 2.14. The highest BCUT2D eigenvalue weighted by atomic mass is 32.1. The zero-order chi connectivity index (χ0) is 18.3. The number of nitrogens with one attached hydrogen (secondary N) is 1. The van der Waals surface area contributed by atoms with Gasteiger partial charge in [-0.2, -0.15) is 0 Å². The zero-order valence-corrected chi connectivity index (χ0v) is 13.9. The van der Waals surface area contributed by atoms with Gasteiger partial charge in [-0.1, -0.05) is 0 Å². The number of rotatable bonds is 3. The Balaban J connectivity index is 1.63. The molecule has 0 aliphatic carbocycles. The van der Waals surface area contributed by atoms with Crippen molar-refractivity contribution in [3.05, 3.63) is 64.8 Å². The van der Waals surface area contributed by atoms with Crippen LogP contribution < -0.4 is 10.9 Å². The molecule has 4 rings (SSSR count). The summed E-state index contributed by atoms with van der Waals surface area (Å²) in [4.78, 5) is 33.9. The van der Waals surface area contributed by atoms with Crippen LogP contribution in [0.2, 0.25) is 0 Å². The molecule has 0 fully saturated rings. The molecule has 1 N–H and O–H groups in total. The third-order valence-electron chi connectivity index (χ3n) is 3.74. The fourth-order valence-corrected chi connectivity index (χ4v) is 3.59. The van der Waals surface area contributed by atoms with Crippen LogP contribution in [0.1, 0.15) is 0 Å². The molecule has 130 valence electrons. The number of anilines is 1. The lowest BCUT2D eigenvalue weighted by Gasteiger charge is -2.07. The number of carbonyl (C=O) groups excluding carboxylic acids is 1. The third kappa shape index (κ3) is 2.82. The lowest BCUT2D eigenvalue weighted by molar-refractivity contribution is -0.116. The molecule has 3 heterocycles. The summed E-state index contributed by atoms with van der Waals surface area (Å²) >= 11 is 1.21. The van der Waals surface area contributed by atoms with Crippen molar-refractivity contribution >= 4 is 43.4 Å². The molecule has 9 heteroatoms. The van der Waals surface area contributed by atoms with Crippen molar-refractivity contribution in [3.63, 3.8) is 0 Å². The van der Waals surface area contributed by atoms with Crippen molar-refractivity contribution in [2.75, 3.05) is 5.32 Å². The molecule has 1 amide bonds. The summed E-state index contributed by atoms with van der Waals surface area (Å²) in [5.74, 6) is -2.63. The molecule has 3 aromatic heterocycles. The van der Waals surface area contributed by atoms with Crippen molar-refractivity contribution in [2.45, 2.75) is 6.54 Å². The van der Waals surface area contributed by atoms with Crippen LogP contribution in [-0.4, -0.2) is 20.4 Å². The minimum Gasteiger partial charge on any atom is -0.324 e. The molecule has 0 saturated heterocycles. The second kappa shape index (κ2) is 6.26. The summed E-state index contributed by atoms with van der Waals surface area (Å²) in [7, 11) is 0. The lowest BCUT2D eigenvalue weighted by Crippen LogP contribution is -2.27. The zero-order valence-electron chi connectivity index (χ0n) is 13.1. The Morgan fingerprint density at radius 3 is 2.85 bits per heavy atom. The largest absolute Gasteiger partial charge is 0.324 e. The number of hydrogen-bond donors (Lipinski definition) is 1. The maximum atomic E-state index is 13.2. The van der Waals surface area contributed by atoms with Gasteiger partial charge in [0.1, 0.15) is 16.1 Å². The first kappa shape index (κ1) is 16.3. The van der Waals surface area contributed by atoms with E-state index in [1.54, 1.807) is 12.3 Å². The Bertz CT molecular complexity index is 1220. The van der Waals surface area contributed by atoms with Crippen LogP contribution in [-0.2, 0) is 11.3 Å². The molecule has 0 unspecified atom stereocenters. The van der Waals surface area contributed by atoms with Crippen LogP contribution in [0.15, 0.2) is 47.7 Å². The number of carbonyl (C=O) groups is 1. The second-order valence-electron chi connectivity index (χ2n) is 5.49. The van der Waals surface area contributed by atoms with Gasteiger partial charge in [0.2, 0.25) is 5.91 Å². The van der Waals surface area contributed by atoms with Crippen LogP contribution in [0.25, 0.3) is 20.4 Å². The average Bonchev–Trinajstić information content (AvgIpc) is 3.00. The summed E-state index contributed by atoms with van der Waals surface area (Å²) in [6.45, 7) is -0.303. The summed E-state index contributed by atoms with van der Waals surface area (Å²) in [5, 5.41) is 3.20. The van der Waals surface area contributed by atoms with Gasteiger partial charge in [0.25, 0.3) is 5.56 Å². The number of amides is 1. The topological polar surface area (TPSA) is 76.9 Å². The summed E-state index contributed by atoms with van der Waals surface area (Å²) < 4.78 is 27.7. The Morgan fingerprint density at radius 2 is 2.04 bits per heavy atom. The number of hydrogen-bond acceptors (Lipinski definition) is 5. The van der Waals surface area contributed by atoms with Gasteiger partial charge in [0.05, 0.1) is 11.8 Å². The Hall–Kier alpha value is -3.20. The Kier molecular flexibility index (Phi) is 3.92. The van der Waals surface area contributed by atoms with E-state index >= 15 is 0 Å². The van der Waals surface area contributed by atoms with Crippen LogP contribution in [0.4, 0.5) is 14.5 Å². The van der Waals surface area contributed by atoms with Crippen LogP contribution in [0.5, 0.6) is 0 Å². The quantitative estimate of drug-likeness (QED) is 0.600. The van der Waals surface area contributed by atoms with Gasteiger partial charge in [0.15, 0.2) is 11.6 Å². The van der Waals surface area contributed by atoms with Gasteiger partial charge in [-0.25, -0.2) is 18.7 Å². The second-order valence-corrected chi connectivity index (χ2v) is 6.49. The number of benzene rings is 1. The van der Waals surface area contributed by atoms with E-state index in [1.165, 1.54) is 23.7 Å². The van der Waals surface area contributed by atoms with Crippen LogP contribution in [0.3, 0.4) is 0 Å². The molecule has 0 radical (unpaired) electrons. The fourth-order valence-electron chi connectivity index (χ4n) is 2.54. The van der Waals surface area contributed by atoms with Gasteiger partial charge >= 0.3 is 0 Å². The van der Waals surface area contributed by atoms with Crippen molar-refractivity contribution < 1.29 is 13.6 Å². The minimum absolute atomic E-state index is 0.0991. The van der Waals surface area contributed by atoms with E-state index in [0.29, 0.717) is 15.0 Å². The SMILES string of the molecule is O=C(Cn1cnc2c(sc3ncccc32)c1=O)Nc1ccc(F)c(F)c1. The van der Waals surface area contributed by atoms with E-state index < -0.39 is 17.5 Å². The molecule has 0 bridgehead atoms. The van der Waals surface area contributed by atoms with Crippen molar-refractivity contribution in [3.8, 4) is 0 Å². The normalized spacial score (nSPS) is 11.2. The molecular formula is C17H10F2N4O2S. The molecule has 0 aliphatic heterocycles. The molecule has 0 atom stereocenters. The van der Waals surface area contributed by atoms with E-state index in [9.17, 15) is 18.4 Å². The number of aromatic nitrogens is 3. The number of fused-ring (bicyclic) bond motifs is 3. The van der Waals surface area contributed by atoms with Crippen molar-refractivity contribution in [2.24, 2.45) is 0 Å². The highest BCUT2D eigenvalue weighted by Crippen LogP contribution is 2.27. The molecule has 6 nitrogen and oxygen atoms in total. The lowest BCUT2D eigenvalue weighted by atomic mass is 10.3. The predicted octanol–water partition coefficient (Wildman–Crippen LogP) is 2.92. The van der Waals surface area contributed by atoms with E-state index in [0.717, 1.165) is 22.1 Å². The number of thiophene rings is 1. The molecule has 1 aromatic carbocycles. The molecular weight excluding hydrogens is 362 g/mol. The maximum Gasteiger partial charge on any atom is 0.271 e. The minimum atomic E-state index is -1.07. The molecule has 4 aromatic rings. The van der Waals surface area contributed by atoms with Gasteiger partial charge < -0.3 is 5.32 Å². The summed E-state index contributed by atoms with van der Waals surface area (Å²) in [5.41, 5.74) is 0.279. The highest BCUT2D eigenvalue weighted by molar-refractivity contribution is 7.25. The summed E-state index contributed by atoms with van der Waals surface area (Å²) in [6.07, 6.45) is 2.92. The monoisotopic (exact) mass is 372 g/mol. The molecule has 0 saturated carbocycles. The van der Waals surface area contributed by atoms with Crippen molar-refractivity contribution in [1.29, 1.82) is 0 Å². The van der Waals surface area contributed by atoms with E-state index in [-0.39, 0.29) is 17.8 Å². The Morgan fingerprint density at radius 1 is 1.19 bits per heavy atom. The first-order valence-electron chi connectivity index (χ1n) is 7.50. The average molecular weight is 372 g/mol. The smallest absolute Gasteiger partial charge is 0.271 e. The number of nitrogens with zero attached hydrogens (tertiary/aromatic N) is 3.